The third kappa shape index (κ3) is 1.41. The standard InChI is InChI=1S/C17H22F6/c1-8-10-11-12(2,3)14(11)6-9(15(8,10)7-14)5-13(4,16(18,19)20)17(21,22)23/h8-11H,5-7H2,1-4H3. The van der Waals surface area contributed by atoms with E-state index in [1.165, 1.54) is 0 Å². The molecule has 0 radical (unpaired) electrons. The van der Waals surface area contributed by atoms with Crippen molar-refractivity contribution < 1.29 is 26.3 Å². The highest BCUT2D eigenvalue weighted by Crippen LogP contribution is 2.99. The second-order valence-electron chi connectivity index (χ2n) is 9.39. The molecule has 0 amide bonds. The number of alkyl halides is 6. The van der Waals surface area contributed by atoms with E-state index in [0.29, 0.717) is 25.2 Å². The van der Waals surface area contributed by atoms with Crippen LogP contribution in [0.15, 0.2) is 0 Å². The van der Waals surface area contributed by atoms with Crippen molar-refractivity contribution >= 4 is 0 Å². The van der Waals surface area contributed by atoms with Crippen LogP contribution in [0.25, 0.3) is 0 Å². The molecule has 4 aliphatic carbocycles. The van der Waals surface area contributed by atoms with Crippen molar-refractivity contribution in [3.63, 3.8) is 0 Å². The van der Waals surface area contributed by atoms with Crippen LogP contribution < -0.4 is 0 Å². The molecule has 23 heavy (non-hydrogen) atoms. The summed E-state index contributed by atoms with van der Waals surface area (Å²) in [5, 5.41) is 0. The van der Waals surface area contributed by atoms with Crippen LogP contribution in [-0.2, 0) is 0 Å². The summed E-state index contributed by atoms with van der Waals surface area (Å²) in [5.41, 5.74) is -3.72. The van der Waals surface area contributed by atoms with Gasteiger partial charge in [-0.15, -0.1) is 0 Å². The number of halogens is 6. The van der Waals surface area contributed by atoms with Gasteiger partial charge in [-0.1, -0.05) is 20.8 Å². The van der Waals surface area contributed by atoms with E-state index in [0.717, 1.165) is 6.42 Å². The SMILES string of the molecule is CC1C2C3C(C)(C)C34CC(CC(C)(C(F)(F)F)C(F)(F)F)C12C4. The van der Waals surface area contributed by atoms with Crippen molar-refractivity contribution in [2.45, 2.75) is 59.3 Å². The fourth-order valence-electron chi connectivity index (χ4n) is 7.26. The van der Waals surface area contributed by atoms with E-state index in [2.05, 4.69) is 13.8 Å². The van der Waals surface area contributed by atoms with Crippen molar-refractivity contribution in [2.24, 2.45) is 45.3 Å². The van der Waals surface area contributed by atoms with E-state index in [9.17, 15) is 26.3 Å². The number of rotatable bonds is 2. The quantitative estimate of drug-likeness (QED) is 0.555. The lowest BCUT2D eigenvalue weighted by Crippen LogP contribution is -2.49. The Kier molecular flexibility index (Phi) is 2.50. The molecule has 2 spiro atoms. The van der Waals surface area contributed by atoms with Gasteiger partial charge in [0, 0.05) is 0 Å². The Morgan fingerprint density at radius 3 is 1.96 bits per heavy atom. The molecule has 0 aromatic carbocycles. The zero-order valence-electron chi connectivity index (χ0n) is 13.7. The molecule has 6 atom stereocenters. The lowest BCUT2D eigenvalue weighted by molar-refractivity contribution is -0.340. The minimum Gasteiger partial charge on any atom is -0.170 e. The van der Waals surface area contributed by atoms with Crippen LogP contribution >= 0.6 is 0 Å². The van der Waals surface area contributed by atoms with E-state index in [1.54, 1.807) is 0 Å². The van der Waals surface area contributed by atoms with E-state index >= 15 is 0 Å². The van der Waals surface area contributed by atoms with Gasteiger partial charge in [-0.05, 0) is 66.1 Å². The van der Waals surface area contributed by atoms with Crippen molar-refractivity contribution in [3.05, 3.63) is 0 Å². The van der Waals surface area contributed by atoms with Gasteiger partial charge in [0.05, 0.1) is 0 Å². The zero-order valence-corrected chi connectivity index (χ0v) is 13.7. The number of fused-ring (bicyclic) bond motifs is 1. The predicted octanol–water partition coefficient (Wildman–Crippen LogP) is 5.83. The van der Waals surface area contributed by atoms with Gasteiger partial charge in [-0.25, -0.2) is 0 Å². The first-order valence-corrected chi connectivity index (χ1v) is 8.30. The topological polar surface area (TPSA) is 0 Å². The smallest absolute Gasteiger partial charge is 0.170 e. The Labute approximate surface area is 132 Å². The van der Waals surface area contributed by atoms with E-state index in [-0.39, 0.29) is 22.2 Å². The molecule has 132 valence electrons. The fraction of sp³-hybridized carbons (Fsp3) is 1.00. The average molecular weight is 340 g/mol. The van der Waals surface area contributed by atoms with E-state index in [1.807, 2.05) is 6.92 Å². The molecule has 4 rings (SSSR count). The van der Waals surface area contributed by atoms with Gasteiger partial charge in [-0.2, -0.15) is 26.3 Å². The molecule has 0 N–H and O–H groups in total. The summed E-state index contributed by atoms with van der Waals surface area (Å²) in [5.74, 6) is 0.695. The molecular formula is C17H22F6. The van der Waals surface area contributed by atoms with Gasteiger partial charge in [0.2, 0.25) is 0 Å². The molecule has 4 saturated carbocycles. The van der Waals surface area contributed by atoms with Crippen molar-refractivity contribution in [3.8, 4) is 0 Å². The second kappa shape index (κ2) is 3.57. The maximum atomic E-state index is 13.3. The highest BCUT2D eigenvalue weighted by Gasteiger charge is 2.94. The third-order valence-electron chi connectivity index (χ3n) is 8.73. The van der Waals surface area contributed by atoms with Gasteiger partial charge in [0.1, 0.15) is 0 Å². The lowest BCUT2D eigenvalue weighted by Gasteiger charge is -2.38. The minimum atomic E-state index is -5.26. The first-order valence-electron chi connectivity index (χ1n) is 8.30. The monoisotopic (exact) mass is 340 g/mol. The van der Waals surface area contributed by atoms with Crippen LogP contribution in [0.4, 0.5) is 26.3 Å². The van der Waals surface area contributed by atoms with Crippen LogP contribution in [0.2, 0.25) is 0 Å². The van der Waals surface area contributed by atoms with Gasteiger partial charge < -0.3 is 0 Å². The molecule has 0 aromatic heterocycles. The summed E-state index contributed by atoms with van der Waals surface area (Å²) < 4.78 is 79.6. The number of hydrogen-bond donors (Lipinski definition) is 0. The van der Waals surface area contributed by atoms with Crippen LogP contribution in [0.3, 0.4) is 0 Å². The van der Waals surface area contributed by atoms with Crippen molar-refractivity contribution in [1.29, 1.82) is 0 Å². The Morgan fingerprint density at radius 1 is 1.00 bits per heavy atom. The summed E-state index contributed by atoms with van der Waals surface area (Å²) >= 11 is 0. The molecule has 6 heteroatoms. The van der Waals surface area contributed by atoms with Crippen LogP contribution in [-0.4, -0.2) is 12.4 Å². The van der Waals surface area contributed by atoms with Crippen LogP contribution in [0, 0.1) is 45.3 Å². The molecule has 0 nitrogen and oxygen atoms in total. The molecule has 0 heterocycles. The molecule has 6 unspecified atom stereocenters. The fourth-order valence-corrected chi connectivity index (χ4v) is 7.26. The molecule has 0 aromatic rings. The predicted molar refractivity (Wildman–Crippen MR) is 72.3 cm³/mol. The largest absolute Gasteiger partial charge is 0.402 e. The normalized spacial score (nSPS) is 49.8. The zero-order chi connectivity index (χ0) is 17.4. The van der Waals surface area contributed by atoms with Crippen molar-refractivity contribution in [1.82, 2.24) is 0 Å². The molecule has 4 fully saturated rings. The summed E-state index contributed by atoms with van der Waals surface area (Å²) in [7, 11) is 0. The maximum Gasteiger partial charge on any atom is 0.402 e. The molecule has 0 aliphatic heterocycles. The van der Waals surface area contributed by atoms with E-state index < -0.39 is 30.1 Å². The van der Waals surface area contributed by atoms with Crippen molar-refractivity contribution in [2.75, 3.05) is 0 Å². The third-order valence-corrected chi connectivity index (χ3v) is 8.73. The summed E-state index contributed by atoms with van der Waals surface area (Å²) in [6.45, 7) is 6.66. The molecular weight excluding hydrogens is 318 g/mol. The van der Waals surface area contributed by atoms with Crippen LogP contribution in [0.1, 0.15) is 47.0 Å². The average Bonchev–Trinajstić information content (AvgIpc) is 2.94. The molecule has 0 saturated heterocycles. The van der Waals surface area contributed by atoms with E-state index in [4.69, 9.17) is 0 Å². The second-order valence-corrected chi connectivity index (χ2v) is 9.39. The first kappa shape index (κ1) is 16.1. The van der Waals surface area contributed by atoms with Gasteiger partial charge in [0.15, 0.2) is 5.41 Å². The Morgan fingerprint density at radius 2 is 1.52 bits per heavy atom. The van der Waals surface area contributed by atoms with Gasteiger partial charge >= 0.3 is 12.4 Å². The van der Waals surface area contributed by atoms with Gasteiger partial charge in [0.25, 0.3) is 0 Å². The first-order chi connectivity index (χ1) is 10.2. The highest BCUT2D eigenvalue weighted by atomic mass is 19.4. The number of hydrogen-bond acceptors (Lipinski definition) is 0. The van der Waals surface area contributed by atoms with Crippen LogP contribution in [0.5, 0.6) is 0 Å². The molecule has 2 bridgehead atoms. The summed E-state index contributed by atoms with van der Waals surface area (Å²) in [4.78, 5) is 0. The highest BCUT2D eigenvalue weighted by molar-refractivity contribution is 5.41. The Balaban J connectivity index is 1.67. The Bertz CT molecular complexity index is 559. The lowest BCUT2D eigenvalue weighted by atomic mass is 9.73. The summed E-state index contributed by atoms with van der Waals surface area (Å²) in [6, 6.07) is 0. The summed E-state index contributed by atoms with van der Waals surface area (Å²) in [6.07, 6.45) is -9.92. The molecule has 4 aliphatic rings. The minimum absolute atomic E-state index is 0.0208. The van der Waals surface area contributed by atoms with Gasteiger partial charge in [-0.3, -0.25) is 0 Å². The maximum absolute atomic E-state index is 13.3. The Hall–Kier alpha value is -0.420.